The van der Waals surface area contributed by atoms with E-state index in [1.807, 2.05) is 6.07 Å². The minimum absolute atomic E-state index is 0.0522. The minimum atomic E-state index is -0.879. The van der Waals surface area contributed by atoms with Crippen LogP contribution in [0.15, 0.2) is 30.4 Å². The van der Waals surface area contributed by atoms with Gasteiger partial charge in [0.05, 0.1) is 20.3 Å². The normalized spacial score (nSPS) is 20.6. The van der Waals surface area contributed by atoms with Crippen LogP contribution in [0.3, 0.4) is 0 Å². The maximum absolute atomic E-state index is 11.8. The van der Waals surface area contributed by atoms with E-state index in [-0.39, 0.29) is 5.78 Å². The minimum Gasteiger partial charge on any atom is -0.497 e. The molecule has 4 nitrogen and oxygen atoms in total. The summed E-state index contributed by atoms with van der Waals surface area (Å²) in [6, 6.07) is 5.34. The molecule has 1 aliphatic heterocycles. The largest absolute Gasteiger partial charge is 0.497 e. The van der Waals surface area contributed by atoms with Crippen LogP contribution in [0.2, 0.25) is 0 Å². The SMILES string of the molecule is COc1ccc2c(c1)C(=O)C=CC21OCCO1. The first-order valence-corrected chi connectivity index (χ1v) is 5.45. The average molecular weight is 232 g/mol. The lowest BCUT2D eigenvalue weighted by Gasteiger charge is -2.28. The molecular formula is C13H12O4. The number of carbonyl (C=O) groups is 1. The maximum Gasteiger partial charge on any atom is 0.216 e. The van der Waals surface area contributed by atoms with Crippen molar-refractivity contribution in [2.24, 2.45) is 0 Å². The van der Waals surface area contributed by atoms with E-state index >= 15 is 0 Å². The van der Waals surface area contributed by atoms with Gasteiger partial charge in [-0.2, -0.15) is 0 Å². The van der Waals surface area contributed by atoms with Crippen LogP contribution in [0.5, 0.6) is 5.75 Å². The van der Waals surface area contributed by atoms with Crippen molar-refractivity contribution < 1.29 is 19.0 Å². The molecule has 1 aromatic rings. The topological polar surface area (TPSA) is 44.8 Å². The molecule has 1 aromatic carbocycles. The van der Waals surface area contributed by atoms with E-state index in [0.717, 1.165) is 5.56 Å². The highest BCUT2D eigenvalue weighted by Crippen LogP contribution is 2.39. The molecule has 88 valence electrons. The van der Waals surface area contributed by atoms with Crippen molar-refractivity contribution in [2.45, 2.75) is 5.79 Å². The molecule has 1 heterocycles. The zero-order valence-corrected chi connectivity index (χ0v) is 9.43. The van der Waals surface area contributed by atoms with Gasteiger partial charge < -0.3 is 14.2 Å². The summed E-state index contributed by atoms with van der Waals surface area (Å²) in [6.07, 6.45) is 3.17. The van der Waals surface area contributed by atoms with E-state index in [4.69, 9.17) is 14.2 Å². The van der Waals surface area contributed by atoms with Gasteiger partial charge in [-0.05, 0) is 30.4 Å². The fourth-order valence-corrected chi connectivity index (χ4v) is 2.20. The number of benzene rings is 1. The Morgan fingerprint density at radius 2 is 2.06 bits per heavy atom. The van der Waals surface area contributed by atoms with Crippen LogP contribution >= 0.6 is 0 Å². The molecule has 0 atom stereocenters. The van der Waals surface area contributed by atoms with Crippen molar-refractivity contribution in [1.29, 1.82) is 0 Å². The van der Waals surface area contributed by atoms with E-state index in [0.29, 0.717) is 24.5 Å². The number of hydrogen-bond donors (Lipinski definition) is 0. The van der Waals surface area contributed by atoms with Crippen LogP contribution < -0.4 is 4.74 Å². The zero-order chi connectivity index (χ0) is 11.9. The molecule has 4 heteroatoms. The standard InChI is InChI=1S/C13H12O4/c1-15-9-2-3-11-10(8-9)12(14)4-5-13(11)16-6-7-17-13/h2-5,8H,6-7H2,1H3. The predicted octanol–water partition coefficient (Wildman–Crippen LogP) is 1.65. The number of rotatable bonds is 1. The van der Waals surface area contributed by atoms with Gasteiger partial charge in [0.15, 0.2) is 5.78 Å². The third kappa shape index (κ3) is 1.49. The van der Waals surface area contributed by atoms with Crippen LogP contribution in [0, 0.1) is 0 Å². The molecule has 0 amide bonds. The summed E-state index contributed by atoms with van der Waals surface area (Å²) in [5.41, 5.74) is 1.33. The van der Waals surface area contributed by atoms with Gasteiger partial charge in [-0.3, -0.25) is 4.79 Å². The van der Waals surface area contributed by atoms with E-state index in [1.165, 1.54) is 6.08 Å². The predicted molar refractivity (Wildman–Crippen MR) is 60.0 cm³/mol. The first-order valence-electron chi connectivity index (χ1n) is 5.45. The van der Waals surface area contributed by atoms with Gasteiger partial charge in [-0.1, -0.05) is 0 Å². The summed E-state index contributed by atoms with van der Waals surface area (Å²) in [5, 5.41) is 0. The summed E-state index contributed by atoms with van der Waals surface area (Å²) in [7, 11) is 1.57. The molecule has 1 saturated heterocycles. The third-order valence-electron chi connectivity index (χ3n) is 3.04. The van der Waals surface area contributed by atoms with E-state index in [1.54, 1.807) is 25.3 Å². The Kier molecular flexibility index (Phi) is 2.28. The number of carbonyl (C=O) groups excluding carboxylic acids is 1. The summed E-state index contributed by atoms with van der Waals surface area (Å²) in [5.74, 6) is -0.278. The van der Waals surface area contributed by atoms with Gasteiger partial charge >= 0.3 is 0 Å². The summed E-state index contributed by atoms with van der Waals surface area (Å²) >= 11 is 0. The Balaban J connectivity index is 2.16. The summed E-state index contributed by atoms with van der Waals surface area (Å²) in [6.45, 7) is 1.06. The quantitative estimate of drug-likeness (QED) is 0.738. The summed E-state index contributed by atoms with van der Waals surface area (Å²) < 4.78 is 16.4. The molecule has 1 aliphatic carbocycles. The van der Waals surface area contributed by atoms with Gasteiger partial charge in [0.25, 0.3) is 0 Å². The lowest BCUT2D eigenvalue weighted by Crippen LogP contribution is -2.30. The molecule has 1 spiro atoms. The highest BCUT2D eigenvalue weighted by atomic mass is 16.7. The Morgan fingerprint density at radius 3 is 2.76 bits per heavy atom. The second-order valence-corrected chi connectivity index (χ2v) is 3.97. The smallest absolute Gasteiger partial charge is 0.216 e. The van der Waals surface area contributed by atoms with Crippen molar-refractivity contribution in [3.05, 3.63) is 41.5 Å². The molecule has 0 N–H and O–H groups in total. The number of ether oxygens (including phenoxy) is 3. The molecule has 0 bridgehead atoms. The molecule has 17 heavy (non-hydrogen) atoms. The fraction of sp³-hybridized carbons (Fsp3) is 0.308. The zero-order valence-electron chi connectivity index (χ0n) is 9.43. The second kappa shape index (κ2) is 3.68. The first-order chi connectivity index (χ1) is 8.25. The van der Waals surface area contributed by atoms with Crippen molar-refractivity contribution in [2.75, 3.05) is 20.3 Å². The number of allylic oxidation sites excluding steroid dienone is 1. The number of hydrogen-bond acceptors (Lipinski definition) is 4. The Morgan fingerprint density at radius 1 is 1.29 bits per heavy atom. The Hall–Kier alpha value is -1.65. The van der Waals surface area contributed by atoms with Gasteiger partial charge in [-0.25, -0.2) is 0 Å². The molecule has 1 fully saturated rings. The Bertz CT molecular complexity index is 498. The van der Waals surface area contributed by atoms with E-state index in [9.17, 15) is 4.79 Å². The lowest BCUT2D eigenvalue weighted by molar-refractivity contribution is -0.124. The third-order valence-corrected chi connectivity index (χ3v) is 3.04. The number of methoxy groups -OCH3 is 1. The van der Waals surface area contributed by atoms with Gasteiger partial charge in [0.2, 0.25) is 5.79 Å². The van der Waals surface area contributed by atoms with E-state index in [2.05, 4.69) is 0 Å². The van der Waals surface area contributed by atoms with Gasteiger partial charge in [0, 0.05) is 11.1 Å². The van der Waals surface area contributed by atoms with E-state index < -0.39 is 5.79 Å². The average Bonchev–Trinajstić information content (AvgIpc) is 2.83. The maximum atomic E-state index is 11.8. The highest BCUT2D eigenvalue weighted by Gasteiger charge is 2.41. The van der Waals surface area contributed by atoms with Crippen molar-refractivity contribution >= 4 is 5.78 Å². The first kappa shape index (κ1) is 10.5. The van der Waals surface area contributed by atoms with Crippen LogP contribution in [0.1, 0.15) is 15.9 Å². The van der Waals surface area contributed by atoms with Crippen LogP contribution in [-0.2, 0) is 15.3 Å². The van der Waals surface area contributed by atoms with Crippen molar-refractivity contribution in [3.8, 4) is 5.75 Å². The monoisotopic (exact) mass is 232 g/mol. The van der Waals surface area contributed by atoms with Crippen molar-refractivity contribution in [3.63, 3.8) is 0 Å². The lowest BCUT2D eigenvalue weighted by atomic mass is 9.91. The molecule has 2 aliphatic rings. The number of ketones is 1. The molecular weight excluding hydrogens is 220 g/mol. The number of fused-ring (bicyclic) bond motifs is 2. The van der Waals surface area contributed by atoms with Gasteiger partial charge in [-0.15, -0.1) is 0 Å². The molecule has 0 saturated carbocycles. The Labute approximate surface area is 98.8 Å². The molecule has 0 radical (unpaired) electrons. The van der Waals surface area contributed by atoms with Crippen LogP contribution in [0.25, 0.3) is 0 Å². The summed E-state index contributed by atoms with van der Waals surface area (Å²) in [4.78, 5) is 11.8. The van der Waals surface area contributed by atoms with Gasteiger partial charge in [0.1, 0.15) is 5.75 Å². The van der Waals surface area contributed by atoms with Crippen LogP contribution in [-0.4, -0.2) is 26.1 Å². The van der Waals surface area contributed by atoms with Crippen molar-refractivity contribution in [1.82, 2.24) is 0 Å². The fourth-order valence-electron chi connectivity index (χ4n) is 2.20. The highest BCUT2D eigenvalue weighted by molar-refractivity contribution is 6.07. The second-order valence-electron chi connectivity index (χ2n) is 3.97. The van der Waals surface area contributed by atoms with Crippen LogP contribution in [0.4, 0.5) is 0 Å². The molecule has 0 aromatic heterocycles. The molecule has 3 rings (SSSR count). The molecule has 0 unspecified atom stereocenters.